The van der Waals surface area contributed by atoms with E-state index in [1.165, 1.54) is 43.5 Å². The Hall–Kier alpha value is -2.65. The Kier molecular flexibility index (Phi) is 6.71. The van der Waals surface area contributed by atoms with E-state index in [2.05, 4.69) is 4.72 Å². The van der Waals surface area contributed by atoms with Crippen LogP contribution in [0.2, 0.25) is 0 Å². The van der Waals surface area contributed by atoms with Crippen LogP contribution < -0.4 is 14.2 Å². The molecule has 1 amide bonds. The first kappa shape index (κ1) is 21.1. The topological polar surface area (TPSA) is 84.9 Å². The summed E-state index contributed by atoms with van der Waals surface area (Å²) < 4.78 is 51.0. The molecule has 0 aromatic heterocycles. The molecule has 1 aliphatic rings. The van der Waals surface area contributed by atoms with Gasteiger partial charge < -0.3 is 14.4 Å². The van der Waals surface area contributed by atoms with Crippen molar-refractivity contribution in [2.75, 3.05) is 26.8 Å². The first-order valence-electron chi connectivity index (χ1n) is 9.20. The lowest BCUT2D eigenvalue weighted by atomic mass is 10.1. The number of amides is 1. The molecule has 0 spiro atoms. The molecular weight excluding hydrogens is 399 g/mol. The molecule has 1 aliphatic heterocycles. The van der Waals surface area contributed by atoms with E-state index in [0.29, 0.717) is 37.4 Å². The molecular formula is C20H23FN2O5S. The third-order valence-electron chi connectivity index (χ3n) is 4.72. The highest BCUT2D eigenvalue weighted by Crippen LogP contribution is 2.18. The van der Waals surface area contributed by atoms with Crippen molar-refractivity contribution in [3.05, 3.63) is 54.3 Å². The molecule has 29 heavy (non-hydrogen) atoms. The van der Waals surface area contributed by atoms with Gasteiger partial charge in [-0.2, -0.15) is 0 Å². The monoisotopic (exact) mass is 422 g/mol. The van der Waals surface area contributed by atoms with Crippen LogP contribution in [0.25, 0.3) is 0 Å². The Labute approximate surface area is 169 Å². The first-order chi connectivity index (χ1) is 13.9. The number of carbonyl (C=O) groups excluding carboxylic acids is 1. The van der Waals surface area contributed by atoms with Crippen LogP contribution in [0.15, 0.2) is 53.4 Å². The zero-order valence-corrected chi connectivity index (χ0v) is 16.8. The number of rotatable bonds is 7. The highest BCUT2D eigenvalue weighted by atomic mass is 32.2. The van der Waals surface area contributed by atoms with Crippen LogP contribution in [-0.2, 0) is 14.8 Å². The number of piperidine rings is 1. The molecule has 0 aliphatic carbocycles. The summed E-state index contributed by atoms with van der Waals surface area (Å²) in [5.41, 5.74) is 0. The molecule has 1 fully saturated rings. The third kappa shape index (κ3) is 5.68. The lowest BCUT2D eigenvalue weighted by Crippen LogP contribution is -2.47. The maximum absolute atomic E-state index is 12.9. The number of methoxy groups -OCH3 is 1. The lowest BCUT2D eigenvalue weighted by Gasteiger charge is -2.32. The summed E-state index contributed by atoms with van der Waals surface area (Å²) in [4.78, 5) is 14.1. The van der Waals surface area contributed by atoms with Crippen molar-refractivity contribution < 1.29 is 27.1 Å². The number of benzene rings is 2. The average Bonchev–Trinajstić information content (AvgIpc) is 2.73. The highest BCUT2D eigenvalue weighted by Gasteiger charge is 2.27. The molecule has 2 aromatic rings. The van der Waals surface area contributed by atoms with Gasteiger partial charge in [0.25, 0.3) is 5.91 Å². The molecule has 0 radical (unpaired) electrons. The van der Waals surface area contributed by atoms with Crippen molar-refractivity contribution in [1.82, 2.24) is 9.62 Å². The molecule has 7 nitrogen and oxygen atoms in total. The number of nitrogens with one attached hydrogen (secondary N) is 1. The van der Waals surface area contributed by atoms with E-state index in [1.807, 2.05) is 0 Å². The fraction of sp³-hybridized carbons (Fsp3) is 0.350. The van der Waals surface area contributed by atoms with Crippen LogP contribution in [-0.4, -0.2) is 52.1 Å². The van der Waals surface area contributed by atoms with Crippen molar-refractivity contribution in [1.29, 1.82) is 0 Å². The van der Waals surface area contributed by atoms with E-state index in [9.17, 15) is 17.6 Å². The van der Waals surface area contributed by atoms with Gasteiger partial charge in [0.15, 0.2) is 6.61 Å². The fourth-order valence-corrected chi connectivity index (χ4v) is 4.36. The molecule has 0 saturated carbocycles. The van der Waals surface area contributed by atoms with Crippen LogP contribution in [0.5, 0.6) is 11.5 Å². The van der Waals surface area contributed by atoms with Gasteiger partial charge in [-0.05, 0) is 61.4 Å². The summed E-state index contributed by atoms with van der Waals surface area (Å²) in [7, 11) is -2.12. The first-order valence-corrected chi connectivity index (χ1v) is 10.7. The van der Waals surface area contributed by atoms with E-state index in [-0.39, 0.29) is 29.3 Å². The van der Waals surface area contributed by atoms with Crippen LogP contribution in [0.4, 0.5) is 4.39 Å². The number of hydrogen-bond donors (Lipinski definition) is 1. The largest absolute Gasteiger partial charge is 0.497 e. The Morgan fingerprint density at radius 1 is 1.07 bits per heavy atom. The van der Waals surface area contributed by atoms with Gasteiger partial charge in [-0.1, -0.05) is 0 Å². The second-order valence-corrected chi connectivity index (χ2v) is 8.41. The molecule has 1 N–H and O–H groups in total. The van der Waals surface area contributed by atoms with E-state index in [0.717, 1.165) is 0 Å². The minimum atomic E-state index is -3.64. The summed E-state index contributed by atoms with van der Waals surface area (Å²) in [5.74, 6) is 0.439. The zero-order valence-electron chi connectivity index (χ0n) is 16.0. The lowest BCUT2D eigenvalue weighted by molar-refractivity contribution is -0.134. The smallest absolute Gasteiger partial charge is 0.260 e. The van der Waals surface area contributed by atoms with Gasteiger partial charge in [0.05, 0.1) is 12.0 Å². The standard InChI is InChI=1S/C20H23FN2O5S/c1-27-17-6-8-19(9-7-17)29(25,26)22-16-10-12-23(13-11-16)20(24)14-28-18-4-2-15(21)3-5-18/h2-9,16,22H,10-14H2,1H3. The van der Waals surface area contributed by atoms with Gasteiger partial charge in [0.1, 0.15) is 17.3 Å². The molecule has 2 aromatic carbocycles. The average molecular weight is 422 g/mol. The van der Waals surface area contributed by atoms with Crippen LogP contribution in [0.3, 0.4) is 0 Å². The Morgan fingerprint density at radius 2 is 1.66 bits per heavy atom. The van der Waals surface area contributed by atoms with Gasteiger partial charge >= 0.3 is 0 Å². The fourth-order valence-electron chi connectivity index (χ4n) is 3.06. The van der Waals surface area contributed by atoms with E-state index in [1.54, 1.807) is 17.0 Å². The van der Waals surface area contributed by atoms with Crippen molar-refractivity contribution in [3.63, 3.8) is 0 Å². The normalized spacial score (nSPS) is 15.2. The van der Waals surface area contributed by atoms with Gasteiger partial charge in [-0.3, -0.25) is 4.79 Å². The van der Waals surface area contributed by atoms with Crippen LogP contribution >= 0.6 is 0 Å². The Bertz CT molecular complexity index is 924. The second-order valence-electron chi connectivity index (χ2n) is 6.69. The van der Waals surface area contributed by atoms with Gasteiger partial charge in [-0.15, -0.1) is 0 Å². The Balaban J connectivity index is 1.47. The molecule has 0 unspecified atom stereocenters. The second kappa shape index (κ2) is 9.23. The number of ether oxygens (including phenoxy) is 2. The number of likely N-dealkylation sites (tertiary alicyclic amines) is 1. The van der Waals surface area contributed by atoms with E-state index >= 15 is 0 Å². The van der Waals surface area contributed by atoms with Crippen molar-refractivity contribution in [3.8, 4) is 11.5 Å². The SMILES string of the molecule is COc1ccc(S(=O)(=O)NC2CCN(C(=O)COc3ccc(F)cc3)CC2)cc1. The summed E-state index contributed by atoms with van der Waals surface area (Å²) >= 11 is 0. The molecule has 0 bridgehead atoms. The van der Waals surface area contributed by atoms with Crippen molar-refractivity contribution in [2.45, 2.75) is 23.8 Å². The number of halogens is 1. The highest BCUT2D eigenvalue weighted by molar-refractivity contribution is 7.89. The number of nitrogens with zero attached hydrogens (tertiary/aromatic N) is 1. The Morgan fingerprint density at radius 3 is 2.24 bits per heavy atom. The maximum atomic E-state index is 12.9. The molecule has 3 rings (SSSR count). The van der Waals surface area contributed by atoms with Crippen LogP contribution in [0, 0.1) is 5.82 Å². The van der Waals surface area contributed by atoms with E-state index < -0.39 is 10.0 Å². The summed E-state index contributed by atoms with van der Waals surface area (Å²) in [5, 5.41) is 0. The molecule has 0 atom stereocenters. The summed E-state index contributed by atoms with van der Waals surface area (Å²) in [6, 6.07) is 11.4. The molecule has 9 heteroatoms. The van der Waals surface area contributed by atoms with Gasteiger partial charge in [-0.25, -0.2) is 17.5 Å². The quantitative estimate of drug-likeness (QED) is 0.739. The number of carbonyl (C=O) groups is 1. The zero-order chi connectivity index (χ0) is 20.9. The minimum absolute atomic E-state index is 0.145. The van der Waals surface area contributed by atoms with Crippen molar-refractivity contribution >= 4 is 15.9 Å². The summed E-state index contributed by atoms with van der Waals surface area (Å²) in [6.45, 7) is 0.719. The third-order valence-corrected chi connectivity index (χ3v) is 6.25. The minimum Gasteiger partial charge on any atom is -0.497 e. The predicted octanol–water partition coefficient (Wildman–Crippen LogP) is 2.18. The number of hydrogen-bond acceptors (Lipinski definition) is 5. The predicted molar refractivity (Wildman–Crippen MR) is 105 cm³/mol. The maximum Gasteiger partial charge on any atom is 0.260 e. The van der Waals surface area contributed by atoms with Crippen LogP contribution in [0.1, 0.15) is 12.8 Å². The molecule has 1 saturated heterocycles. The van der Waals surface area contributed by atoms with Gasteiger partial charge in [0.2, 0.25) is 10.0 Å². The molecule has 156 valence electrons. The van der Waals surface area contributed by atoms with Gasteiger partial charge in [0, 0.05) is 19.1 Å². The number of sulfonamides is 1. The van der Waals surface area contributed by atoms with E-state index in [4.69, 9.17) is 9.47 Å². The molecule has 1 heterocycles. The van der Waals surface area contributed by atoms with Crippen molar-refractivity contribution in [2.24, 2.45) is 0 Å². The summed E-state index contributed by atoms with van der Waals surface area (Å²) in [6.07, 6.45) is 1.02.